The molecule has 0 bridgehead atoms. The smallest absolute Gasteiger partial charge is 0.410 e. The fourth-order valence-electron chi connectivity index (χ4n) is 2.84. The fourth-order valence-corrected chi connectivity index (χ4v) is 2.84. The molecule has 29 heavy (non-hydrogen) atoms. The van der Waals surface area contributed by atoms with E-state index < -0.39 is 5.60 Å². The number of hydrogen-bond acceptors (Lipinski definition) is 6. The molecule has 0 saturated carbocycles. The summed E-state index contributed by atoms with van der Waals surface area (Å²) in [6.07, 6.45) is 1.02. The van der Waals surface area contributed by atoms with E-state index in [1.165, 1.54) is 0 Å². The molecule has 0 spiro atoms. The number of hydrazone groups is 2. The van der Waals surface area contributed by atoms with Crippen molar-refractivity contribution in [3.05, 3.63) is 29.8 Å². The van der Waals surface area contributed by atoms with Crippen LogP contribution in [0.1, 0.15) is 39.2 Å². The highest BCUT2D eigenvalue weighted by molar-refractivity contribution is 5.99. The van der Waals surface area contributed by atoms with Crippen molar-refractivity contribution in [2.24, 2.45) is 16.0 Å². The van der Waals surface area contributed by atoms with Gasteiger partial charge in [0.15, 0.2) is 5.84 Å². The summed E-state index contributed by atoms with van der Waals surface area (Å²) in [5, 5.41) is 12.8. The molecule has 10 heteroatoms. The van der Waals surface area contributed by atoms with Crippen LogP contribution < -0.4 is 21.9 Å². The number of amides is 3. The molecular weight excluding hydrogens is 374 g/mol. The van der Waals surface area contributed by atoms with Gasteiger partial charge in [-0.05, 0) is 57.9 Å². The van der Waals surface area contributed by atoms with Gasteiger partial charge in [-0.1, -0.05) is 0 Å². The highest BCUT2D eigenvalue weighted by atomic mass is 16.6. The zero-order valence-electron chi connectivity index (χ0n) is 17.1. The molecule has 1 heterocycles. The number of amidine groups is 1. The lowest BCUT2D eigenvalue weighted by atomic mass is 10.1. The summed E-state index contributed by atoms with van der Waals surface area (Å²) in [6.45, 7) is 9.93. The highest BCUT2D eigenvalue weighted by Gasteiger charge is 2.27. The molecule has 0 atom stereocenters. The Kier molecular flexibility index (Phi) is 7.40. The van der Waals surface area contributed by atoms with Gasteiger partial charge in [0.2, 0.25) is 0 Å². The van der Waals surface area contributed by atoms with E-state index >= 15 is 0 Å². The maximum atomic E-state index is 12.3. The van der Waals surface area contributed by atoms with Gasteiger partial charge in [-0.25, -0.2) is 9.59 Å². The molecule has 1 saturated heterocycles. The molecule has 1 aromatic rings. The first kappa shape index (κ1) is 22.0. The van der Waals surface area contributed by atoms with Gasteiger partial charge in [0.25, 0.3) is 0 Å². The molecule has 3 amide bonds. The second-order valence-electron chi connectivity index (χ2n) is 7.67. The third-order valence-corrected chi connectivity index (χ3v) is 4.21. The number of nitrogens with zero attached hydrogens (tertiary/aromatic N) is 3. The number of carbonyl (C=O) groups excluding carboxylic acids is 2. The van der Waals surface area contributed by atoms with Crippen LogP contribution in [-0.2, 0) is 4.74 Å². The number of hydrogen-bond donors (Lipinski definition) is 4. The van der Waals surface area contributed by atoms with Crippen LogP contribution in [0, 0.1) is 0 Å². The summed E-state index contributed by atoms with van der Waals surface area (Å²) < 4.78 is 5.38. The minimum Gasteiger partial charge on any atom is -0.444 e. The normalized spacial score (nSPS) is 15.4. The van der Waals surface area contributed by atoms with E-state index in [2.05, 4.69) is 33.0 Å². The Bertz CT molecular complexity index is 748. The Labute approximate surface area is 170 Å². The van der Waals surface area contributed by atoms with Gasteiger partial charge in [0.1, 0.15) is 5.60 Å². The van der Waals surface area contributed by atoms with Gasteiger partial charge in [0, 0.05) is 37.1 Å². The molecule has 1 fully saturated rings. The Morgan fingerprint density at radius 2 is 1.83 bits per heavy atom. The average molecular weight is 403 g/mol. The van der Waals surface area contributed by atoms with Crippen molar-refractivity contribution in [2.45, 2.75) is 45.3 Å². The number of piperidine rings is 1. The Morgan fingerprint density at radius 1 is 1.21 bits per heavy atom. The second kappa shape index (κ2) is 9.76. The van der Waals surface area contributed by atoms with E-state index in [1.807, 2.05) is 20.8 Å². The molecule has 0 radical (unpaired) electrons. The van der Waals surface area contributed by atoms with E-state index in [1.54, 1.807) is 29.2 Å². The van der Waals surface area contributed by atoms with Gasteiger partial charge < -0.3 is 26.1 Å². The first-order valence-electron chi connectivity index (χ1n) is 9.37. The maximum Gasteiger partial charge on any atom is 0.410 e. The van der Waals surface area contributed by atoms with E-state index in [4.69, 9.17) is 10.6 Å². The van der Waals surface area contributed by atoms with E-state index in [-0.39, 0.29) is 18.2 Å². The first-order chi connectivity index (χ1) is 13.7. The Morgan fingerprint density at radius 3 is 2.34 bits per heavy atom. The topological polar surface area (TPSA) is 133 Å². The van der Waals surface area contributed by atoms with Crippen LogP contribution in [-0.4, -0.2) is 54.3 Å². The molecule has 1 aliphatic heterocycles. The van der Waals surface area contributed by atoms with Gasteiger partial charge in [-0.15, -0.1) is 0 Å². The number of rotatable bonds is 4. The minimum atomic E-state index is -0.517. The van der Waals surface area contributed by atoms with Gasteiger partial charge >= 0.3 is 12.1 Å². The van der Waals surface area contributed by atoms with Crippen molar-refractivity contribution in [1.82, 2.24) is 15.6 Å². The minimum absolute atomic E-state index is 0.00759. The number of urea groups is 1. The van der Waals surface area contributed by atoms with Gasteiger partial charge in [-0.2, -0.15) is 10.2 Å². The number of benzene rings is 1. The van der Waals surface area contributed by atoms with Crippen LogP contribution in [0.15, 0.2) is 34.5 Å². The molecule has 5 N–H and O–H groups in total. The van der Waals surface area contributed by atoms with E-state index in [0.29, 0.717) is 43.0 Å². The number of likely N-dealkylation sites (tertiary alicyclic amines) is 1. The van der Waals surface area contributed by atoms with Gasteiger partial charge in [0.05, 0.1) is 0 Å². The number of anilines is 1. The molecule has 0 aromatic heterocycles. The molecule has 158 valence electrons. The summed E-state index contributed by atoms with van der Waals surface area (Å²) in [5.41, 5.74) is 3.41. The predicted molar refractivity (Wildman–Crippen MR) is 113 cm³/mol. The van der Waals surface area contributed by atoms with E-state index in [9.17, 15) is 9.59 Å². The lowest BCUT2D eigenvalue weighted by Crippen LogP contribution is -2.48. The lowest BCUT2D eigenvalue weighted by Gasteiger charge is -2.33. The largest absolute Gasteiger partial charge is 0.444 e. The number of carbonyl (C=O) groups is 2. The molecule has 1 aromatic carbocycles. The maximum absolute atomic E-state index is 12.3. The third-order valence-electron chi connectivity index (χ3n) is 4.21. The zero-order chi connectivity index (χ0) is 21.4. The summed E-state index contributed by atoms with van der Waals surface area (Å²) in [5.74, 6) is 5.67. The third kappa shape index (κ3) is 6.98. The molecule has 10 nitrogen and oxygen atoms in total. The summed E-state index contributed by atoms with van der Waals surface area (Å²) in [7, 11) is 0. The number of ether oxygens (including phenoxy) is 1. The monoisotopic (exact) mass is 403 g/mol. The molecular formula is C19H29N7O3. The van der Waals surface area contributed by atoms with Crippen molar-refractivity contribution in [3.63, 3.8) is 0 Å². The molecule has 1 aliphatic rings. The molecule has 0 unspecified atom stereocenters. The van der Waals surface area contributed by atoms with Crippen LogP contribution in [0.5, 0.6) is 0 Å². The zero-order valence-corrected chi connectivity index (χ0v) is 17.1. The summed E-state index contributed by atoms with van der Waals surface area (Å²) in [6, 6.07) is 6.66. The van der Waals surface area contributed by atoms with Crippen LogP contribution in [0.2, 0.25) is 0 Å². The molecule has 2 rings (SSSR count). The molecule has 0 aliphatic carbocycles. The number of nitrogens with one attached hydrogen (secondary N) is 3. The van der Waals surface area contributed by atoms with Crippen LogP contribution in [0.25, 0.3) is 0 Å². The van der Waals surface area contributed by atoms with Crippen molar-refractivity contribution in [2.75, 3.05) is 18.4 Å². The average Bonchev–Trinajstić information content (AvgIpc) is 2.66. The first-order valence-corrected chi connectivity index (χ1v) is 9.37. The summed E-state index contributed by atoms with van der Waals surface area (Å²) in [4.78, 5) is 26.0. The quantitative estimate of drug-likeness (QED) is 0.264. The second-order valence-corrected chi connectivity index (χ2v) is 7.67. The van der Waals surface area contributed by atoms with Crippen LogP contribution in [0.4, 0.5) is 15.3 Å². The Hall–Kier alpha value is -3.30. The highest BCUT2D eigenvalue weighted by Crippen LogP contribution is 2.16. The predicted octanol–water partition coefficient (Wildman–Crippen LogP) is 2.03. The standard InChI is InChI=1S/C19H29N7O3/c1-19(2,3)29-18(28)26-11-9-15(10-12-26)23-17(27)22-14-7-5-13(6-8-14)16(24-20)25-21-4/h5-8,15H,4,9-12,20H2,1-3H3,(H,24,25)(H2,22,23,27). The van der Waals surface area contributed by atoms with Crippen LogP contribution in [0.3, 0.4) is 0 Å². The SMILES string of the molecule is C=NNC(=NN)c1ccc(NC(=O)NC2CCN(C(=O)OC(C)(C)C)CC2)cc1. The lowest BCUT2D eigenvalue weighted by molar-refractivity contribution is 0.0202. The van der Waals surface area contributed by atoms with Crippen molar-refractivity contribution >= 4 is 30.4 Å². The van der Waals surface area contributed by atoms with Crippen molar-refractivity contribution in [1.29, 1.82) is 0 Å². The Balaban J connectivity index is 1.80. The van der Waals surface area contributed by atoms with Crippen molar-refractivity contribution < 1.29 is 14.3 Å². The van der Waals surface area contributed by atoms with Crippen molar-refractivity contribution in [3.8, 4) is 0 Å². The van der Waals surface area contributed by atoms with Crippen LogP contribution >= 0.6 is 0 Å². The number of nitrogens with two attached hydrogens (primary N) is 1. The fraction of sp³-hybridized carbons (Fsp3) is 0.474. The van der Waals surface area contributed by atoms with E-state index in [0.717, 1.165) is 0 Å². The van der Waals surface area contributed by atoms with Gasteiger partial charge in [-0.3, -0.25) is 5.43 Å². The summed E-state index contributed by atoms with van der Waals surface area (Å²) >= 11 is 0.